The molecule has 1 N–H and O–H groups in total. The topological polar surface area (TPSA) is 71.2 Å². The average Bonchev–Trinajstić information content (AvgIpc) is 3.39. The van der Waals surface area contributed by atoms with E-state index in [1.807, 2.05) is 4.90 Å². The van der Waals surface area contributed by atoms with Crippen molar-refractivity contribution in [3.8, 4) is 11.1 Å². The van der Waals surface area contributed by atoms with Crippen molar-refractivity contribution < 1.29 is 17.6 Å². The highest BCUT2D eigenvalue weighted by molar-refractivity contribution is 7.09. The van der Waals surface area contributed by atoms with Crippen molar-refractivity contribution in [1.82, 2.24) is 24.0 Å². The lowest BCUT2D eigenvalue weighted by atomic mass is 10.0. The summed E-state index contributed by atoms with van der Waals surface area (Å²) in [6.45, 7) is 2.53. The fraction of sp³-hybridized carbons (Fsp3) is 0.300. The molecule has 4 heterocycles. The van der Waals surface area contributed by atoms with Crippen molar-refractivity contribution in [1.29, 1.82) is 0 Å². The summed E-state index contributed by atoms with van der Waals surface area (Å²) in [5.74, 6) is -3.32. The first-order valence-electron chi connectivity index (χ1n) is 9.86. The van der Waals surface area contributed by atoms with Crippen LogP contribution in [0.15, 0.2) is 30.5 Å². The standard InChI is InChI=1S/C20H17F4N7S/c1-10-25-20(32-29-10)30-8-6-15(14(22)9-30)26-19-27-18-12(3-2-7-31(18)28-19)11-4-5-13(21)17(24)16(11)23/h2-5,7,14-15H,6,8-9H2,1H3,(H,26,28)/t14-,15+/m1/s1. The Kier molecular flexibility index (Phi) is 5.16. The second kappa shape index (κ2) is 8.01. The van der Waals surface area contributed by atoms with E-state index >= 15 is 0 Å². The third kappa shape index (κ3) is 3.64. The number of anilines is 2. The van der Waals surface area contributed by atoms with Crippen LogP contribution < -0.4 is 10.2 Å². The molecule has 0 amide bonds. The molecule has 2 atom stereocenters. The maximum Gasteiger partial charge on any atom is 0.243 e. The molecule has 7 nitrogen and oxygen atoms in total. The van der Waals surface area contributed by atoms with Gasteiger partial charge in [0.15, 0.2) is 23.1 Å². The van der Waals surface area contributed by atoms with E-state index in [-0.39, 0.29) is 29.3 Å². The number of piperidine rings is 1. The summed E-state index contributed by atoms with van der Waals surface area (Å²) in [6.07, 6.45) is 0.866. The summed E-state index contributed by atoms with van der Waals surface area (Å²) in [5, 5.41) is 7.97. The Balaban J connectivity index is 1.38. The molecule has 0 bridgehead atoms. The Morgan fingerprint density at radius 2 is 1.94 bits per heavy atom. The molecule has 0 aliphatic carbocycles. The van der Waals surface area contributed by atoms with Crippen molar-refractivity contribution in [2.24, 2.45) is 0 Å². The van der Waals surface area contributed by atoms with Crippen LogP contribution in [-0.2, 0) is 0 Å². The van der Waals surface area contributed by atoms with Crippen LogP contribution in [0.1, 0.15) is 12.2 Å². The summed E-state index contributed by atoms with van der Waals surface area (Å²) in [6, 6.07) is 4.59. The van der Waals surface area contributed by atoms with Crippen molar-refractivity contribution in [2.75, 3.05) is 23.3 Å². The van der Waals surface area contributed by atoms with Gasteiger partial charge in [0.25, 0.3) is 0 Å². The Morgan fingerprint density at radius 1 is 1.09 bits per heavy atom. The maximum atomic E-state index is 14.9. The molecule has 0 unspecified atom stereocenters. The molecule has 1 fully saturated rings. The van der Waals surface area contributed by atoms with Gasteiger partial charge in [-0.25, -0.2) is 27.1 Å². The molecule has 32 heavy (non-hydrogen) atoms. The number of aryl methyl sites for hydroxylation is 1. The molecule has 5 rings (SSSR count). The largest absolute Gasteiger partial charge is 0.347 e. The third-order valence-corrected chi connectivity index (χ3v) is 6.20. The number of aromatic nitrogens is 5. The number of pyridine rings is 1. The normalized spacial score (nSPS) is 19.0. The molecule has 4 aromatic rings. The first-order valence-corrected chi connectivity index (χ1v) is 10.6. The Morgan fingerprint density at radius 3 is 2.69 bits per heavy atom. The zero-order valence-corrected chi connectivity index (χ0v) is 17.6. The highest BCUT2D eigenvalue weighted by Crippen LogP contribution is 2.30. The van der Waals surface area contributed by atoms with Gasteiger partial charge in [-0.05, 0) is 37.6 Å². The molecule has 12 heteroatoms. The predicted molar refractivity (Wildman–Crippen MR) is 112 cm³/mol. The molecule has 0 saturated carbocycles. The third-order valence-electron chi connectivity index (χ3n) is 5.33. The van der Waals surface area contributed by atoms with E-state index in [4.69, 9.17) is 0 Å². The predicted octanol–water partition coefficient (Wildman–Crippen LogP) is 4.00. The van der Waals surface area contributed by atoms with Gasteiger partial charge in [0.2, 0.25) is 11.1 Å². The average molecular weight is 463 g/mol. The van der Waals surface area contributed by atoms with Gasteiger partial charge in [0.05, 0.1) is 12.6 Å². The van der Waals surface area contributed by atoms with Crippen molar-refractivity contribution in [3.63, 3.8) is 0 Å². The molecule has 166 valence electrons. The Hall–Kier alpha value is -3.28. The first kappa shape index (κ1) is 20.6. The molecule has 1 saturated heterocycles. The lowest BCUT2D eigenvalue weighted by Crippen LogP contribution is -2.48. The lowest BCUT2D eigenvalue weighted by molar-refractivity contribution is 0.263. The lowest BCUT2D eigenvalue weighted by Gasteiger charge is -2.34. The second-order valence-corrected chi connectivity index (χ2v) is 8.20. The highest BCUT2D eigenvalue weighted by Gasteiger charge is 2.31. The molecule has 1 aliphatic heterocycles. The number of benzene rings is 1. The van der Waals surface area contributed by atoms with E-state index in [9.17, 15) is 17.6 Å². The zero-order valence-electron chi connectivity index (χ0n) is 16.8. The molecule has 0 spiro atoms. The molecular weight excluding hydrogens is 446 g/mol. The zero-order chi connectivity index (χ0) is 22.4. The van der Waals surface area contributed by atoms with E-state index in [0.717, 1.165) is 12.1 Å². The van der Waals surface area contributed by atoms with Crippen molar-refractivity contribution in [2.45, 2.75) is 25.6 Å². The number of alkyl halides is 1. The molecule has 0 radical (unpaired) electrons. The van der Waals surface area contributed by atoms with E-state index in [1.54, 1.807) is 19.2 Å². The smallest absolute Gasteiger partial charge is 0.243 e. The molecular formula is C20H17F4N7S. The minimum absolute atomic E-state index is 0.141. The minimum atomic E-state index is -1.56. The number of rotatable bonds is 4. The van der Waals surface area contributed by atoms with Crippen LogP contribution in [-0.4, -0.2) is 49.3 Å². The summed E-state index contributed by atoms with van der Waals surface area (Å²) in [7, 11) is 0. The molecule has 1 aromatic carbocycles. The van der Waals surface area contributed by atoms with Gasteiger partial charge in [-0.15, -0.1) is 5.10 Å². The van der Waals surface area contributed by atoms with Crippen LogP contribution >= 0.6 is 11.5 Å². The van der Waals surface area contributed by atoms with Crippen molar-refractivity contribution in [3.05, 3.63) is 53.7 Å². The van der Waals surface area contributed by atoms with Gasteiger partial charge < -0.3 is 10.2 Å². The monoisotopic (exact) mass is 463 g/mol. The highest BCUT2D eigenvalue weighted by atomic mass is 32.1. The maximum absolute atomic E-state index is 14.9. The quantitative estimate of drug-likeness (QED) is 0.364. The SMILES string of the molecule is Cc1nsc(N2CC[C@H](Nc3nc4c(-c5ccc(F)c(F)c5F)cccn4n3)[C@H](F)C2)n1. The van der Waals surface area contributed by atoms with E-state index < -0.39 is 29.7 Å². The first-order chi connectivity index (χ1) is 15.4. The van der Waals surface area contributed by atoms with Gasteiger partial charge >= 0.3 is 0 Å². The van der Waals surface area contributed by atoms with E-state index in [0.29, 0.717) is 23.9 Å². The van der Waals surface area contributed by atoms with Crippen LogP contribution in [0.4, 0.5) is 28.6 Å². The minimum Gasteiger partial charge on any atom is -0.347 e. The van der Waals surface area contributed by atoms with Gasteiger partial charge in [-0.1, -0.05) is 0 Å². The van der Waals surface area contributed by atoms with Crippen molar-refractivity contribution >= 4 is 28.3 Å². The fourth-order valence-corrected chi connectivity index (χ4v) is 4.44. The summed E-state index contributed by atoms with van der Waals surface area (Å²) < 4.78 is 61.8. The molecule has 1 aliphatic rings. The number of hydrogen-bond donors (Lipinski definition) is 1. The number of nitrogens with one attached hydrogen (secondary N) is 1. The molecule has 3 aromatic heterocycles. The number of hydrogen-bond acceptors (Lipinski definition) is 7. The van der Waals surface area contributed by atoms with E-state index in [2.05, 4.69) is 24.8 Å². The fourth-order valence-electron chi connectivity index (χ4n) is 3.73. The Labute approximate surface area is 183 Å². The second-order valence-electron chi connectivity index (χ2n) is 7.47. The van der Waals surface area contributed by atoms with Crippen LogP contribution in [0.5, 0.6) is 0 Å². The number of halogens is 4. The summed E-state index contributed by atoms with van der Waals surface area (Å²) >= 11 is 1.24. The summed E-state index contributed by atoms with van der Waals surface area (Å²) in [4.78, 5) is 10.5. The van der Waals surface area contributed by atoms with Crippen LogP contribution in [0.3, 0.4) is 0 Å². The van der Waals surface area contributed by atoms with Crippen LogP contribution in [0.2, 0.25) is 0 Å². The summed E-state index contributed by atoms with van der Waals surface area (Å²) in [5.41, 5.74) is 0.331. The van der Waals surface area contributed by atoms with E-state index in [1.165, 1.54) is 22.1 Å². The van der Waals surface area contributed by atoms with Gasteiger partial charge in [0, 0.05) is 35.4 Å². The van der Waals surface area contributed by atoms with Gasteiger partial charge in [-0.2, -0.15) is 9.36 Å². The Bertz CT molecular complexity index is 1290. The van der Waals surface area contributed by atoms with Crippen LogP contribution in [0, 0.1) is 24.4 Å². The van der Waals surface area contributed by atoms with Gasteiger partial charge in [-0.3, -0.25) is 0 Å². The van der Waals surface area contributed by atoms with Crippen LogP contribution in [0.25, 0.3) is 16.8 Å². The number of fused-ring (bicyclic) bond motifs is 1. The number of nitrogens with zero attached hydrogens (tertiary/aromatic N) is 6. The van der Waals surface area contributed by atoms with Gasteiger partial charge in [0.1, 0.15) is 12.0 Å².